The highest BCUT2D eigenvalue weighted by atomic mass is 19.1. The van der Waals surface area contributed by atoms with Crippen molar-refractivity contribution in [1.82, 2.24) is 10.6 Å². The quantitative estimate of drug-likeness (QED) is 0.441. The summed E-state index contributed by atoms with van der Waals surface area (Å²) in [5.74, 6) is 1.07. The van der Waals surface area contributed by atoms with Crippen LogP contribution in [0.4, 0.5) is 4.39 Å². The van der Waals surface area contributed by atoms with E-state index in [1.54, 1.807) is 13.0 Å². The second-order valence-electron chi connectivity index (χ2n) is 5.67. The normalized spacial score (nSPS) is 11.8. The van der Waals surface area contributed by atoms with E-state index in [4.69, 9.17) is 4.74 Å². The minimum absolute atomic E-state index is 0.187. The largest absolute Gasteiger partial charge is 0.379 e. The summed E-state index contributed by atoms with van der Waals surface area (Å²) in [7, 11) is 0. The molecule has 0 aliphatic carbocycles. The summed E-state index contributed by atoms with van der Waals surface area (Å²) in [6.07, 6.45) is 0. The number of ether oxygens (including phenoxy) is 1. The van der Waals surface area contributed by atoms with Crippen LogP contribution < -0.4 is 10.6 Å². The minimum atomic E-state index is -0.187. The van der Waals surface area contributed by atoms with E-state index in [2.05, 4.69) is 29.5 Å². The Morgan fingerprint density at radius 3 is 2.73 bits per heavy atom. The van der Waals surface area contributed by atoms with Crippen molar-refractivity contribution < 1.29 is 9.13 Å². The van der Waals surface area contributed by atoms with Crippen molar-refractivity contribution in [3.05, 3.63) is 35.1 Å². The summed E-state index contributed by atoms with van der Waals surface area (Å²) < 4.78 is 19.0. The average molecular weight is 309 g/mol. The van der Waals surface area contributed by atoms with Gasteiger partial charge < -0.3 is 15.4 Å². The Balaban J connectivity index is 2.45. The van der Waals surface area contributed by atoms with Crippen LogP contribution in [0.15, 0.2) is 23.2 Å². The van der Waals surface area contributed by atoms with Crippen molar-refractivity contribution in [2.24, 2.45) is 10.9 Å². The zero-order chi connectivity index (χ0) is 16.4. The maximum Gasteiger partial charge on any atom is 0.191 e. The van der Waals surface area contributed by atoms with Crippen LogP contribution in [0, 0.1) is 18.7 Å². The van der Waals surface area contributed by atoms with Gasteiger partial charge in [0.2, 0.25) is 0 Å². The van der Waals surface area contributed by atoms with Crippen molar-refractivity contribution in [3.8, 4) is 0 Å². The van der Waals surface area contributed by atoms with E-state index in [1.165, 1.54) is 6.07 Å². The molecule has 0 amide bonds. The van der Waals surface area contributed by atoms with Gasteiger partial charge in [-0.2, -0.15) is 0 Å². The molecule has 0 spiro atoms. The molecule has 0 saturated carbocycles. The van der Waals surface area contributed by atoms with Crippen molar-refractivity contribution >= 4 is 5.96 Å². The van der Waals surface area contributed by atoms with Crippen LogP contribution in [0.25, 0.3) is 0 Å². The molecular formula is C17H28FN3O. The maximum atomic E-state index is 13.5. The Labute approximate surface area is 133 Å². The smallest absolute Gasteiger partial charge is 0.191 e. The molecule has 0 fully saturated rings. The fourth-order valence-corrected chi connectivity index (χ4v) is 1.81. The van der Waals surface area contributed by atoms with Crippen LogP contribution in [-0.2, 0) is 11.3 Å². The van der Waals surface area contributed by atoms with Gasteiger partial charge in [-0.3, -0.25) is 0 Å². The van der Waals surface area contributed by atoms with E-state index in [0.717, 1.165) is 24.7 Å². The molecule has 1 aromatic rings. The van der Waals surface area contributed by atoms with Gasteiger partial charge in [0, 0.05) is 19.7 Å². The van der Waals surface area contributed by atoms with Crippen LogP contribution in [0.2, 0.25) is 0 Å². The van der Waals surface area contributed by atoms with E-state index in [9.17, 15) is 4.39 Å². The molecular weight excluding hydrogens is 281 g/mol. The van der Waals surface area contributed by atoms with Crippen LogP contribution in [0.5, 0.6) is 0 Å². The van der Waals surface area contributed by atoms with Crippen molar-refractivity contribution in [1.29, 1.82) is 0 Å². The molecule has 0 atom stereocenters. The van der Waals surface area contributed by atoms with Gasteiger partial charge >= 0.3 is 0 Å². The average Bonchev–Trinajstić information content (AvgIpc) is 2.47. The van der Waals surface area contributed by atoms with Gasteiger partial charge in [0.1, 0.15) is 5.82 Å². The van der Waals surface area contributed by atoms with Crippen LogP contribution in [0.1, 0.15) is 31.9 Å². The molecule has 1 aromatic carbocycles. The molecule has 0 aromatic heterocycles. The maximum absolute atomic E-state index is 13.5. The highest BCUT2D eigenvalue weighted by Crippen LogP contribution is 2.09. The fraction of sp³-hybridized carbons (Fsp3) is 0.588. The Bertz CT molecular complexity index is 475. The zero-order valence-electron chi connectivity index (χ0n) is 14.1. The monoisotopic (exact) mass is 309 g/mol. The molecule has 0 radical (unpaired) electrons. The summed E-state index contributed by atoms with van der Waals surface area (Å²) in [6, 6.07) is 5.21. The molecule has 124 valence electrons. The SMILES string of the molecule is CCNC(=NCc1ccc(C)c(F)c1)NCCOCC(C)C. The summed E-state index contributed by atoms with van der Waals surface area (Å²) in [4.78, 5) is 4.46. The van der Waals surface area contributed by atoms with Gasteiger partial charge in [0.25, 0.3) is 0 Å². The summed E-state index contributed by atoms with van der Waals surface area (Å²) in [6.45, 7) is 11.3. The van der Waals surface area contributed by atoms with E-state index in [1.807, 2.05) is 13.0 Å². The zero-order valence-corrected chi connectivity index (χ0v) is 14.1. The molecule has 1 rings (SSSR count). The second kappa shape index (κ2) is 10.2. The third kappa shape index (κ3) is 7.41. The second-order valence-corrected chi connectivity index (χ2v) is 5.67. The number of hydrogen-bond acceptors (Lipinski definition) is 2. The van der Waals surface area contributed by atoms with Crippen molar-refractivity contribution in [2.45, 2.75) is 34.2 Å². The Morgan fingerprint density at radius 2 is 2.09 bits per heavy atom. The summed E-state index contributed by atoms with van der Waals surface area (Å²) >= 11 is 0. The van der Waals surface area contributed by atoms with Gasteiger partial charge in [0.05, 0.1) is 13.2 Å². The van der Waals surface area contributed by atoms with Gasteiger partial charge in [-0.25, -0.2) is 9.38 Å². The summed E-state index contributed by atoms with van der Waals surface area (Å²) in [5.41, 5.74) is 1.51. The lowest BCUT2D eigenvalue weighted by atomic mass is 10.1. The molecule has 5 heteroatoms. The van der Waals surface area contributed by atoms with E-state index < -0.39 is 0 Å². The van der Waals surface area contributed by atoms with E-state index in [-0.39, 0.29) is 5.82 Å². The molecule has 4 nitrogen and oxygen atoms in total. The first-order valence-corrected chi connectivity index (χ1v) is 7.87. The predicted molar refractivity (Wildman–Crippen MR) is 89.6 cm³/mol. The molecule has 0 bridgehead atoms. The van der Waals surface area contributed by atoms with Crippen molar-refractivity contribution in [2.75, 3.05) is 26.3 Å². The first-order chi connectivity index (χ1) is 10.5. The number of benzene rings is 1. The molecule has 0 saturated heterocycles. The Hall–Kier alpha value is -1.62. The number of nitrogens with one attached hydrogen (secondary N) is 2. The predicted octanol–water partition coefficient (Wildman–Crippen LogP) is 2.86. The van der Waals surface area contributed by atoms with Crippen LogP contribution in [-0.4, -0.2) is 32.3 Å². The Morgan fingerprint density at radius 1 is 1.32 bits per heavy atom. The van der Waals surface area contributed by atoms with Gasteiger partial charge in [-0.1, -0.05) is 26.0 Å². The number of nitrogens with zero attached hydrogens (tertiary/aromatic N) is 1. The molecule has 22 heavy (non-hydrogen) atoms. The Kier molecular flexibility index (Phi) is 8.51. The number of hydrogen-bond donors (Lipinski definition) is 2. The number of rotatable bonds is 8. The first kappa shape index (κ1) is 18.4. The fourth-order valence-electron chi connectivity index (χ4n) is 1.81. The van der Waals surface area contributed by atoms with Gasteiger partial charge in [-0.05, 0) is 37.0 Å². The van der Waals surface area contributed by atoms with E-state index >= 15 is 0 Å². The lowest BCUT2D eigenvalue weighted by Crippen LogP contribution is -2.39. The third-order valence-corrected chi connectivity index (χ3v) is 2.99. The standard InChI is InChI=1S/C17H28FN3O/c1-5-19-17(20-8-9-22-12-13(2)3)21-11-15-7-6-14(4)16(18)10-15/h6-7,10,13H,5,8-9,11-12H2,1-4H3,(H2,19,20,21). The molecule has 0 aliphatic heterocycles. The summed E-state index contributed by atoms with van der Waals surface area (Å²) in [5, 5.41) is 6.38. The lowest BCUT2D eigenvalue weighted by Gasteiger charge is -2.12. The van der Waals surface area contributed by atoms with E-state index in [0.29, 0.717) is 31.2 Å². The topological polar surface area (TPSA) is 45.7 Å². The number of aryl methyl sites for hydroxylation is 1. The molecule has 0 unspecified atom stereocenters. The molecule has 0 aliphatic rings. The molecule has 2 N–H and O–H groups in total. The van der Waals surface area contributed by atoms with Crippen molar-refractivity contribution in [3.63, 3.8) is 0 Å². The highest BCUT2D eigenvalue weighted by molar-refractivity contribution is 5.79. The number of halogens is 1. The number of guanidine groups is 1. The minimum Gasteiger partial charge on any atom is -0.379 e. The van der Waals surface area contributed by atoms with Crippen LogP contribution in [0.3, 0.4) is 0 Å². The highest BCUT2D eigenvalue weighted by Gasteiger charge is 2.01. The number of aliphatic imine (C=N–C) groups is 1. The van der Waals surface area contributed by atoms with Crippen LogP contribution >= 0.6 is 0 Å². The first-order valence-electron chi connectivity index (χ1n) is 7.87. The lowest BCUT2D eigenvalue weighted by molar-refractivity contribution is 0.114. The third-order valence-electron chi connectivity index (χ3n) is 2.99. The molecule has 0 heterocycles. The van der Waals surface area contributed by atoms with Gasteiger partial charge in [-0.15, -0.1) is 0 Å². The van der Waals surface area contributed by atoms with Gasteiger partial charge in [0.15, 0.2) is 5.96 Å².